The van der Waals surface area contributed by atoms with Crippen LogP contribution in [0.2, 0.25) is 0 Å². The molecule has 3 nitrogen and oxygen atoms in total. The summed E-state index contributed by atoms with van der Waals surface area (Å²) in [6.45, 7) is 6.73. The quantitative estimate of drug-likeness (QED) is 0.587. The normalized spacial score (nSPS) is 20.5. The lowest BCUT2D eigenvalue weighted by Crippen LogP contribution is -2.58. The van der Waals surface area contributed by atoms with Gasteiger partial charge in [-0.2, -0.15) is 0 Å². The molecule has 0 aliphatic carbocycles. The van der Waals surface area contributed by atoms with Crippen LogP contribution in [0.5, 0.6) is 0 Å². The molecular formula is C8H13NO2. The Kier molecular flexibility index (Phi) is 2.00. The number of allylic oxidation sites excluding steroid dienone is 1. The number of nitrogens with one attached hydrogen (secondary N) is 1. The van der Waals surface area contributed by atoms with Gasteiger partial charge in [-0.15, -0.1) is 6.58 Å². The van der Waals surface area contributed by atoms with Crippen LogP contribution in [0.15, 0.2) is 12.2 Å². The Labute approximate surface area is 66.1 Å². The first-order valence-corrected chi connectivity index (χ1v) is 3.65. The van der Waals surface area contributed by atoms with Crippen LogP contribution in [0.25, 0.3) is 0 Å². The third-order valence-electron chi connectivity index (χ3n) is 2.02. The largest absolute Gasteiger partial charge is 0.481 e. The van der Waals surface area contributed by atoms with Gasteiger partial charge in [-0.3, -0.25) is 4.79 Å². The van der Waals surface area contributed by atoms with Crippen LogP contribution in [-0.4, -0.2) is 24.2 Å². The molecule has 2 N–H and O–H groups in total. The van der Waals surface area contributed by atoms with E-state index in [0.29, 0.717) is 19.5 Å². The third-order valence-corrected chi connectivity index (χ3v) is 2.02. The van der Waals surface area contributed by atoms with Crippen molar-refractivity contribution in [1.29, 1.82) is 0 Å². The van der Waals surface area contributed by atoms with Gasteiger partial charge in [0.25, 0.3) is 0 Å². The van der Waals surface area contributed by atoms with Gasteiger partial charge < -0.3 is 10.4 Å². The van der Waals surface area contributed by atoms with Gasteiger partial charge in [0.1, 0.15) is 0 Å². The monoisotopic (exact) mass is 155 g/mol. The summed E-state index contributed by atoms with van der Waals surface area (Å²) in [6.07, 6.45) is 0.593. The first-order valence-electron chi connectivity index (χ1n) is 3.65. The van der Waals surface area contributed by atoms with Gasteiger partial charge in [0.15, 0.2) is 0 Å². The zero-order valence-corrected chi connectivity index (χ0v) is 6.68. The van der Waals surface area contributed by atoms with Gasteiger partial charge in [-0.05, 0) is 13.3 Å². The van der Waals surface area contributed by atoms with E-state index in [-0.39, 0.29) is 0 Å². The van der Waals surface area contributed by atoms with Crippen molar-refractivity contribution in [2.75, 3.05) is 13.1 Å². The van der Waals surface area contributed by atoms with Gasteiger partial charge in [-0.1, -0.05) is 5.57 Å². The van der Waals surface area contributed by atoms with E-state index in [1.807, 2.05) is 6.92 Å². The highest BCUT2D eigenvalue weighted by Crippen LogP contribution is 2.30. The Morgan fingerprint density at radius 2 is 2.27 bits per heavy atom. The highest BCUT2D eigenvalue weighted by molar-refractivity contribution is 5.77. The molecule has 1 aliphatic rings. The Hall–Kier alpha value is -0.830. The molecule has 0 aromatic carbocycles. The molecule has 1 rings (SSSR count). The van der Waals surface area contributed by atoms with Crippen molar-refractivity contribution in [3.63, 3.8) is 0 Å². The first-order chi connectivity index (χ1) is 5.07. The molecule has 0 amide bonds. The predicted molar refractivity (Wildman–Crippen MR) is 42.4 cm³/mol. The summed E-state index contributed by atoms with van der Waals surface area (Å²) in [7, 11) is 0. The lowest BCUT2D eigenvalue weighted by molar-refractivity contribution is -0.152. The second-order valence-electron chi connectivity index (χ2n) is 3.32. The standard InChI is InChI=1S/C8H13NO2/c1-6(2)3-8(7(10)11)4-9-5-8/h9H,1,3-5H2,2H3,(H,10,11). The maximum atomic E-state index is 10.8. The first kappa shape index (κ1) is 8.27. The number of carboxylic acids is 1. The minimum Gasteiger partial charge on any atom is -0.481 e. The fraction of sp³-hybridized carbons (Fsp3) is 0.625. The Morgan fingerprint density at radius 3 is 2.36 bits per heavy atom. The Bertz CT molecular complexity index is 194. The lowest BCUT2D eigenvalue weighted by atomic mass is 9.77. The van der Waals surface area contributed by atoms with Crippen molar-refractivity contribution in [3.8, 4) is 0 Å². The van der Waals surface area contributed by atoms with E-state index in [9.17, 15) is 4.79 Å². The van der Waals surface area contributed by atoms with Crippen LogP contribution in [0.4, 0.5) is 0 Å². The van der Waals surface area contributed by atoms with E-state index < -0.39 is 11.4 Å². The summed E-state index contributed by atoms with van der Waals surface area (Å²) in [5, 5.41) is 11.8. The number of carbonyl (C=O) groups is 1. The van der Waals surface area contributed by atoms with Crippen molar-refractivity contribution in [1.82, 2.24) is 5.32 Å². The average molecular weight is 155 g/mol. The predicted octanol–water partition coefficient (Wildman–Crippen LogP) is 0.627. The molecule has 11 heavy (non-hydrogen) atoms. The highest BCUT2D eigenvalue weighted by atomic mass is 16.4. The van der Waals surface area contributed by atoms with Crippen molar-refractivity contribution in [2.24, 2.45) is 5.41 Å². The molecule has 0 aromatic heterocycles. The van der Waals surface area contributed by atoms with Crippen LogP contribution in [0.3, 0.4) is 0 Å². The number of carboxylic acid groups (broad SMARTS) is 1. The second-order valence-corrected chi connectivity index (χ2v) is 3.32. The molecule has 0 spiro atoms. The molecule has 0 saturated carbocycles. The maximum absolute atomic E-state index is 10.8. The van der Waals surface area contributed by atoms with E-state index in [4.69, 9.17) is 5.11 Å². The molecule has 62 valence electrons. The van der Waals surface area contributed by atoms with Gasteiger partial charge in [-0.25, -0.2) is 0 Å². The molecule has 3 heteroatoms. The summed E-state index contributed by atoms with van der Waals surface area (Å²) in [6, 6.07) is 0. The summed E-state index contributed by atoms with van der Waals surface area (Å²) in [5.74, 6) is -0.709. The van der Waals surface area contributed by atoms with Gasteiger partial charge >= 0.3 is 5.97 Å². The van der Waals surface area contributed by atoms with Crippen molar-refractivity contribution < 1.29 is 9.90 Å². The topological polar surface area (TPSA) is 49.3 Å². The summed E-state index contributed by atoms with van der Waals surface area (Å²) < 4.78 is 0. The smallest absolute Gasteiger partial charge is 0.312 e. The molecule has 0 bridgehead atoms. The van der Waals surface area contributed by atoms with Crippen LogP contribution >= 0.6 is 0 Å². The van der Waals surface area contributed by atoms with Gasteiger partial charge in [0.2, 0.25) is 0 Å². The number of hydrogen-bond donors (Lipinski definition) is 2. The van der Waals surface area contributed by atoms with E-state index in [0.717, 1.165) is 5.57 Å². The van der Waals surface area contributed by atoms with Crippen molar-refractivity contribution in [2.45, 2.75) is 13.3 Å². The zero-order chi connectivity index (χ0) is 8.48. The Balaban J connectivity index is 2.61. The van der Waals surface area contributed by atoms with Crippen molar-refractivity contribution >= 4 is 5.97 Å². The molecule has 0 unspecified atom stereocenters. The zero-order valence-electron chi connectivity index (χ0n) is 6.68. The minimum absolute atomic E-state index is 0.550. The van der Waals surface area contributed by atoms with E-state index in [1.54, 1.807) is 0 Å². The van der Waals surface area contributed by atoms with E-state index in [1.165, 1.54) is 0 Å². The summed E-state index contributed by atoms with van der Waals surface area (Å²) >= 11 is 0. The molecule has 0 aromatic rings. The van der Waals surface area contributed by atoms with Crippen LogP contribution in [-0.2, 0) is 4.79 Å². The van der Waals surface area contributed by atoms with Crippen LogP contribution in [0, 0.1) is 5.41 Å². The molecule has 0 radical (unpaired) electrons. The number of aliphatic carboxylic acids is 1. The average Bonchev–Trinajstić information content (AvgIpc) is 1.77. The van der Waals surface area contributed by atoms with E-state index in [2.05, 4.69) is 11.9 Å². The second kappa shape index (κ2) is 2.66. The third kappa shape index (κ3) is 1.43. The Morgan fingerprint density at radius 1 is 1.73 bits per heavy atom. The fourth-order valence-electron chi connectivity index (χ4n) is 1.36. The summed E-state index contributed by atoms with van der Waals surface area (Å²) in [5.41, 5.74) is 0.389. The van der Waals surface area contributed by atoms with Crippen LogP contribution in [0.1, 0.15) is 13.3 Å². The molecular weight excluding hydrogens is 142 g/mol. The maximum Gasteiger partial charge on any atom is 0.312 e. The lowest BCUT2D eigenvalue weighted by Gasteiger charge is -2.38. The van der Waals surface area contributed by atoms with Gasteiger partial charge in [0.05, 0.1) is 5.41 Å². The van der Waals surface area contributed by atoms with E-state index >= 15 is 0 Å². The molecule has 1 fully saturated rings. The van der Waals surface area contributed by atoms with Crippen molar-refractivity contribution in [3.05, 3.63) is 12.2 Å². The molecule has 0 atom stereocenters. The SMILES string of the molecule is C=C(C)CC1(C(=O)O)CNC1. The summed E-state index contributed by atoms with van der Waals surface area (Å²) in [4.78, 5) is 10.8. The highest BCUT2D eigenvalue weighted by Gasteiger charge is 2.43. The number of rotatable bonds is 3. The fourth-order valence-corrected chi connectivity index (χ4v) is 1.36. The van der Waals surface area contributed by atoms with Crippen LogP contribution < -0.4 is 5.32 Å². The minimum atomic E-state index is -0.709. The molecule has 1 aliphatic heterocycles. The van der Waals surface area contributed by atoms with Gasteiger partial charge in [0, 0.05) is 13.1 Å². The molecule has 1 saturated heterocycles. The number of hydrogen-bond acceptors (Lipinski definition) is 2. The molecule has 1 heterocycles.